The number of aryl methyl sites for hydroxylation is 1. The summed E-state index contributed by atoms with van der Waals surface area (Å²) >= 11 is 0. The average molecular weight is 261 g/mol. The first-order chi connectivity index (χ1) is 9.10. The number of anilines is 1. The highest BCUT2D eigenvalue weighted by molar-refractivity contribution is 5.92. The van der Waals surface area contributed by atoms with Gasteiger partial charge < -0.3 is 20.3 Å². The number of nitrogen functional groups attached to an aromatic ring is 1. The SMILES string of the molecule is COc1ccc(CNC(=O)c2cc(C)on2)cc1N. The average Bonchev–Trinajstić information content (AvgIpc) is 2.83. The van der Waals surface area contributed by atoms with E-state index in [2.05, 4.69) is 10.5 Å². The van der Waals surface area contributed by atoms with Crippen molar-refractivity contribution < 1.29 is 14.1 Å². The molecule has 0 fully saturated rings. The van der Waals surface area contributed by atoms with Crippen molar-refractivity contribution in [2.45, 2.75) is 13.5 Å². The number of nitrogens with zero attached hydrogens (tertiary/aromatic N) is 1. The van der Waals surface area contributed by atoms with E-state index in [1.54, 1.807) is 32.2 Å². The molecule has 1 aromatic carbocycles. The van der Waals surface area contributed by atoms with Crippen molar-refractivity contribution in [3.63, 3.8) is 0 Å². The molecule has 6 nitrogen and oxygen atoms in total. The highest BCUT2D eigenvalue weighted by Crippen LogP contribution is 2.21. The molecule has 3 N–H and O–H groups in total. The molecule has 1 amide bonds. The van der Waals surface area contributed by atoms with Crippen molar-refractivity contribution in [3.05, 3.63) is 41.3 Å². The molecule has 0 saturated heterocycles. The molecule has 0 bridgehead atoms. The third-order valence-electron chi connectivity index (χ3n) is 2.61. The van der Waals surface area contributed by atoms with Gasteiger partial charge in [0.15, 0.2) is 5.69 Å². The van der Waals surface area contributed by atoms with Crippen LogP contribution in [0.1, 0.15) is 21.8 Å². The first-order valence-corrected chi connectivity index (χ1v) is 5.74. The van der Waals surface area contributed by atoms with Crippen LogP contribution in [0.5, 0.6) is 5.75 Å². The minimum absolute atomic E-state index is 0.263. The second-order valence-electron chi connectivity index (χ2n) is 4.08. The molecule has 0 saturated carbocycles. The van der Waals surface area contributed by atoms with Gasteiger partial charge in [-0.2, -0.15) is 0 Å². The second-order valence-corrected chi connectivity index (χ2v) is 4.08. The van der Waals surface area contributed by atoms with E-state index in [4.69, 9.17) is 15.0 Å². The predicted octanol–water partition coefficient (Wildman–Crippen LogP) is 1.50. The maximum atomic E-state index is 11.7. The fourth-order valence-corrected chi connectivity index (χ4v) is 1.64. The number of hydrogen-bond acceptors (Lipinski definition) is 5. The smallest absolute Gasteiger partial charge is 0.273 e. The molecule has 0 unspecified atom stereocenters. The Balaban J connectivity index is 1.99. The lowest BCUT2D eigenvalue weighted by Gasteiger charge is -2.07. The molecule has 2 rings (SSSR count). The molecule has 1 heterocycles. The number of aromatic nitrogens is 1. The van der Waals surface area contributed by atoms with Gasteiger partial charge in [-0.1, -0.05) is 11.2 Å². The molecule has 0 aliphatic heterocycles. The Labute approximate surface area is 110 Å². The van der Waals surface area contributed by atoms with E-state index in [1.807, 2.05) is 6.07 Å². The highest BCUT2D eigenvalue weighted by atomic mass is 16.5. The van der Waals surface area contributed by atoms with Gasteiger partial charge >= 0.3 is 0 Å². The molecule has 6 heteroatoms. The normalized spacial score (nSPS) is 10.2. The summed E-state index contributed by atoms with van der Waals surface area (Å²) in [7, 11) is 1.56. The molecule has 100 valence electrons. The van der Waals surface area contributed by atoms with Crippen LogP contribution in [0.4, 0.5) is 5.69 Å². The Morgan fingerprint density at radius 3 is 2.84 bits per heavy atom. The Morgan fingerprint density at radius 2 is 2.26 bits per heavy atom. The number of amides is 1. The van der Waals surface area contributed by atoms with E-state index in [0.29, 0.717) is 23.7 Å². The molecule has 19 heavy (non-hydrogen) atoms. The largest absolute Gasteiger partial charge is 0.495 e. The number of nitrogens with one attached hydrogen (secondary N) is 1. The third kappa shape index (κ3) is 3.04. The van der Waals surface area contributed by atoms with Gasteiger partial charge in [-0.05, 0) is 24.6 Å². The van der Waals surface area contributed by atoms with Gasteiger partial charge in [0, 0.05) is 12.6 Å². The van der Waals surface area contributed by atoms with Crippen LogP contribution in [0, 0.1) is 6.92 Å². The molecule has 0 radical (unpaired) electrons. The number of nitrogens with two attached hydrogens (primary N) is 1. The number of benzene rings is 1. The van der Waals surface area contributed by atoms with Crippen LogP contribution in [-0.4, -0.2) is 18.2 Å². The van der Waals surface area contributed by atoms with Crippen LogP contribution in [0.3, 0.4) is 0 Å². The fourth-order valence-electron chi connectivity index (χ4n) is 1.64. The van der Waals surface area contributed by atoms with Gasteiger partial charge in [0.25, 0.3) is 5.91 Å². The zero-order valence-electron chi connectivity index (χ0n) is 10.8. The standard InChI is InChI=1S/C13H15N3O3/c1-8-5-11(16-19-8)13(17)15-7-9-3-4-12(18-2)10(14)6-9/h3-6H,7,14H2,1-2H3,(H,15,17). The number of methoxy groups -OCH3 is 1. The summed E-state index contributed by atoms with van der Waals surface area (Å²) in [5, 5.41) is 6.38. The van der Waals surface area contributed by atoms with Crippen molar-refractivity contribution in [1.82, 2.24) is 10.5 Å². The van der Waals surface area contributed by atoms with Crippen molar-refractivity contribution in [1.29, 1.82) is 0 Å². The van der Waals surface area contributed by atoms with Gasteiger partial charge in [-0.3, -0.25) is 4.79 Å². The van der Waals surface area contributed by atoms with Crippen LogP contribution in [0.2, 0.25) is 0 Å². The lowest BCUT2D eigenvalue weighted by Crippen LogP contribution is -2.23. The summed E-state index contributed by atoms with van der Waals surface area (Å²) in [4.78, 5) is 11.7. The van der Waals surface area contributed by atoms with Crippen molar-refractivity contribution in [2.75, 3.05) is 12.8 Å². The van der Waals surface area contributed by atoms with Gasteiger partial charge in [-0.15, -0.1) is 0 Å². The lowest BCUT2D eigenvalue weighted by atomic mass is 10.2. The maximum Gasteiger partial charge on any atom is 0.273 e. The minimum atomic E-state index is -0.286. The molecular weight excluding hydrogens is 246 g/mol. The van der Waals surface area contributed by atoms with E-state index >= 15 is 0 Å². The van der Waals surface area contributed by atoms with Crippen LogP contribution in [0.25, 0.3) is 0 Å². The zero-order valence-corrected chi connectivity index (χ0v) is 10.8. The zero-order chi connectivity index (χ0) is 13.8. The Hall–Kier alpha value is -2.50. The summed E-state index contributed by atoms with van der Waals surface area (Å²) in [5.74, 6) is 0.923. The Morgan fingerprint density at radius 1 is 1.47 bits per heavy atom. The first-order valence-electron chi connectivity index (χ1n) is 5.74. The van der Waals surface area contributed by atoms with Crippen LogP contribution in [-0.2, 0) is 6.54 Å². The van der Waals surface area contributed by atoms with Gasteiger partial charge in [0.05, 0.1) is 12.8 Å². The van der Waals surface area contributed by atoms with E-state index in [1.165, 1.54) is 0 Å². The molecule has 0 spiro atoms. The second kappa shape index (κ2) is 5.43. The van der Waals surface area contributed by atoms with E-state index in [-0.39, 0.29) is 11.6 Å². The van der Waals surface area contributed by atoms with Crippen molar-refractivity contribution >= 4 is 11.6 Å². The van der Waals surface area contributed by atoms with Gasteiger partial charge in [-0.25, -0.2) is 0 Å². The van der Waals surface area contributed by atoms with E-state index in [0.717, 1.165) is 5.56 Å². The number of carbonyl (C=O) groups excluding carboxylic acids is 1. The van der Waals surface area contributed by atoms with Gasteiger partial charge in [0.2, 0.25) is 0 Å². The predicted molar refractivity (Wildman–Crippen MR) is 69.8 cm³/mol. The monoisotopic (exact) mass is 261 g/mol. The summed E-state index contributed by atoms with van der Waals surface area (Å²) < 4.78 is 9.90. The summed E-state index contributed by atoms with van der Waals surface area (Å²) in [5.41, 5.74) is 7.47. The van der Waals surface area contributed by atoms with E-state index in [9.17, 15) is 4.79 Å². The summed E-state index contributed by atoms with van der Waals surface area (Å²) in [6.45, 7) is 2.09. The molecule has 0 aliphatic rings. The van der Waals surface area contributed by atoms with Crippen LogP contribution >= 0.6 is 0 Å². The lowest BCUT2D eigenvalue weighted by molar-refractivity contribution is 0.0942. The fraction of sp³-hybridized carbons (Fsp3) is 0.231. The maximum absolute atomic E-state index is 11.7. The Kier molecular flexibility index (Phi) is 3.70. The van der Waals surface area contributed by atoms with Crippen molar-refractivity contribution in [2.24, 2.45) is 0 Å². The first kappa shape index (κ1) is 12.9. The Bertz CT molecular complexity index is 593. The topological polar surface area (TPSA) is 90.4 Å². The number of carbonyl (C=O) groups is 1. The number of hydrogen-bond donors (Lipinski definition) is 2. The minimum Gasteiger partial charge on any atom is -0.495 e. The molecular formula is C13H15N3O3. The van der Waals surface area contributed by atoms with Crippen molar-refractivity contribution in [3.8, 4) is 5.75 Å². The molecule has 0 aliphatic carbocycles. The van der Waals surface area contributed by atoms with Gasteiger partial charge in [0.1, 0.15) is 11.5 Å². The van der Waals surface area contributed by atoms with E-state index < -0.39 is 0 Å². The molecule has 0 atom stereocenters. The number of ether oxygens (including phenoxy) is 1. The number of rotatable bonds is 4. The molecule has 2 aromatic rings. The third-order valence-corrected chi connectivity index (χ3v) is 2.61. The highest BCUT2D eigenvalue weighted by Gasteiger charge is 2.10. The summed E-state index contributed by atoms with van der Waals surface area (Å²) in [6.07, 6.45) is 0. The quantitative estimate of drug-likeness (QED) is 0.814. The molecule has 1 aromatic heterocycles. The van der Waals surface area contributed by atoms with Crippen LogP contribution in [0.15, 0.2) is 28.8 Å². The van der Waals surface area contributed by atoms with Crippen LogP contribution < -0.4 is 15.8 Å². The summed E-state index contributed by atoms with van der Waals surface area (Å²) in [6, 6.07) is 6.94.